The molecular weight excluding hydrogens is 449 g/mol. The van der Waals surface area contributed by atoms with E-state index in [1.54, 1.807) is 6.92 Å². The molecule has 170 valence electrons. The van der Waals surface area contributed by atoms with Crippen LogP contribution in [0.2, 0.25) is 5.02 Å². The number of sulfonamides is 1. The predicted molar refractivity (Wildman–Crippen MR) is 116 cm³/mol. The van der Waals surface area contributed by atoms with Crippen LogP contribution >= 0.6 is 11.6 Å². The minimum Gasteiger partial charge on any atom is -0.388 e. The van der Waals surface area contributed by atoms with Gasteiger partial charge in [-0.2, -0.15) is 9.29 Å². The van der Waals surface area contributed by atoms with Gasteiger partial charge in [0.25, 0.3) is 5.56 Å². The summed E-state index contributed by atoms with van der Waals surface area (Å²) in [5.74, 6) is 0.126. The summed E-state index contributed by atoms with van der Waals surface area (Å²) in [6, 6.07) is 0.319. The van der Waals surface area contributed by atoms with Crippen molar-refractivity contribution in [1.82, 2.24) is 18.8 Å². The number of aliphatic hydroxyl groups is 1. The molecule has 4 atom stereocenters. The Hall–Kier alpha value is -1.82. The maximum absolute atomic E-state index is 14.6. The normalized spacial score (nSPS) is 30.0. The highest BCUT2D eigenvalue weighted by atomic mass is 35.5. The Balaban J connectivity index is 1.68. The second-order valence-corrected chi connectivity index (χ2v) is 11.0. The van der Waals surface area contributed by atoms with Crippen molar-refractivity contribution in [3.05, 3.63) is 27.6 Å². The number of fused-ring (bicyclic) bond motifs is 1. The van der Waals surface area contributed by atoms with Crippen molar-refractivity contribution < 1.29 is 17.9 Å². The molecule has 0 aromatic carbocycles. The molecule has 31 heavy (non-hydrogen) atoms. The number of anilines is 1. The van der Waals surface area contributed by atoms with E-state index in [2.05, 4.69) is 15.3 Å². The molecule has 2 aliphatic rings. The Morgan fingerprint density at radius 1 is 1.39 bits per heavy atom. The smallest absolute Gasteiger partial charge is 0.271 e. The Morgan fingerprint density at radius 3 is 2.74 bits per heavy atom. The number of hydrogen-bond acceptors (Lipinski definition) is 7. The summed E-state index contributed by atoms with van der Waals surface area (Å²) in [7, 11) is -3.46. The predicted octanol–water partition coefficient (Wildman–Crippen LogP) is 1.70. The topological polar surface area (TPSA) is 117 Å². The highest BCUT2D eigenvalue weighted by Crippen LogP contribution is 2.39. The van der Waals surface area contributed by atoms with Gasteiger partial charge in [-0.1, -0.05) is 11.6 Å². The molecule has 1 saturated heterocycles. The van der Waals surface area contributed by atoms with Crippen LogP contribution in [-0.2, 0) is 10.0 Å². The number of nitrogens with one attached hydrogen (secondary N) is 1. The molecule has 0 amide bonds. The Morgan fingerprint density at radius 2 is 2.13 bits per heavy atom. The van der Waals surface area contributed by atoms with Gasteiger partial charge >= 0.3 is 0 Å². The first-order valence-electron chi connectivity index (χ1n) is 10.1. The number of rotatable bonds is 4. The number of piperidine rings is 1. The second kappa shape index (κ2) is 7.95. The summed E-state index contributed by atoms with van der Waals surface area (Å²) in [4.78, 5) is 21.5. The van der Waals surface area contributed by atoms with E-state index in [9.17, 15) is 22.7 Å². The standard InChI is InChI=1S/C19H25ClFN5O4S/c1-19(28)6-3-4-15(19)26-16-11(8-12(20)17(26)27)9-22-18(24-16)23-14-5-7-25(10-13(14)21)31(2,29)30/h8-9,13-15,28H,3-7,10H2,1-2H3,(H,22,23,24)/t13-,14+,15+,19+/m0/s1. The zero-order chi connectivity index (χ0) is 22.6. The average Bonchev–Trinajstić information content (AvgIpc) is 3.03. The third kappa shape index (κ3) is 4.28. The van der Waals surface area contributed by atoms with Gasteiger partial charge in [-0.3, -0.25) is 9.36 Å². The second-order valence-electron chi connectivity index (χ2n) is 8.58. The molecule has 0 unspecified atom stereocenters. The maximum Gasteiger partial charge on any atom is 0.271 e. The summed E-state index contributed by atoms with van der Waals surface area (Å²) < 4.78 is 40.5. The van der Waals surface area contributed by atoms with Crippen LogP contribution in [0.4, 0.5) is 10.3 Å². The molecule has 1 aliphatic heterocycles. The first-order chi connectivity index (χ1) is 14.5. The van der Waals surface area contributed by atoms with Crippen molar-refractivity contribution in [3.63, 3.8) is 0 Å². The monoisotopic (exact) mass is 473 g/mol. The van der Waals surface area contributed by atoms with Crippen molar-refractivity contribution in [3.8, 4) is 0 Å². The first-order valence-corrected chi connectivity index (χ1v) is 12.4. The molecule has 2 aromatic heterocycles. The molecule has 12 heteroatoms. The number of halogens is 2. The molecule has 3 heterocycles. The Bertz CT molecular complexity index is 1170. The number of aromatic nitrogens is 3. The van der Waals surface area contributed by atoms with E-state index in [-0.39, 0.29) is 30.5 Å². The summed E-state index contributed by atoms with van der Waals surface area (Å²) >= 11 is 6.14. The van der Waals surface area contributed by atoms with Crippen LogP contribution in [0, 0.1) is 0 Å². The Kier molecular flexibility index (Phi) is 5.74. The fourth-order valence-electron chi connectivity index (χ4n) is 4.49. The molecular formula is C19H25ClFN5O4S. The van der Waals surface area contributed by atoms with Crippen molar-refractivity contribution in [1.29, 1.82) is 0 Å². The summed E-state index contributed by atoms with van der Waals surface area (Å²) in [5, 5.41) is 14.3. The molecule has 0 spiro atoms. The van der Waals surface area contributed by atoms with Gasteiger partial charge in [-0.05, 0) is 38.7 Å². The van der Waals surface area contributed by atoms with Gasteiger partial charge in [0.05, 0.1) is 23.9 Å². The van der Waals surface area contributed by atoms with E-state index in [0.717, 1.165) is 17.0 Å². The largest absolute Gasteiger partial charge is 0.388 e. The van der Waals surface area contributed by atoms with Gasteiger partial charge in [0.1, 0.15) is 16.8 Å². The van der Waals surface area contributed by atoms with Gasteiger partial charge in [0, 0.05) is 24.7 Å². The van der Waals surface area contributed by atoms with Crippen LogP contribution in [0.15, 0.2) is 17.1 Å². The summed E-state index contributed by atoms with van der Waals surface area (Å²) in [5.41, 5.74) is -1.22. The molecule has 9 nitrogen and oxygen atoms in total. The van der Waals surface area contributed by atoms with Crippen molar-refractivity contribution in [2.45, 2.75) is 56.5 Å². The molecule has 1 aliphatic carbocycles. The molecule has 4 rings (SSSR count). The van der Waals surface area contributed by atoms with Crippen LogP contribution < -0.4 is 10.9 Å². The molecule has 1 saturated carbocycles. The van der Waals surface area contributed by atoms with Crippen LogP contribution in [0.5, 0.6) is 0 Å². The number of pyridine rings is 1. The number of hydrogen-bond donors (Lipinski definition) is 2. The van der Waals surface area contributed by atoms with Crippen molar-refractivity contribution >= 4 is 38.6 Å². The SMILES string of the molecule is C[C@@]1(O)CCC[C@H]1n1c(=O)c(Cl)cc2cnc(N[C@@H]3CCN(S(C)(=O)=O)C[C@@H]3F)nc21. The first kappa shape index (κ1) is 22.4. The van der Waals surface area contributed by atoms with E-state index in [1.807, 2.05) is 0 Å². The number of nitrogens with zero attached hydrogens (tertiary/aromatic N) is 4. The molecule has 2 N–H and O–H groups in total. The van der Waals surface area contributed by atoms with Crippen LogP contribution in [-0.4, -0.2) is 69.5 Å². The third-order valence-corrected chi connectivity index (χ3v) is 7.75. The fraction of sp³-hybridized carbons (Fsp3) is 0.632. The van der Waals surface area contributed by atoms with Gasteiger partial charge in [0.2, 0.25) is 16.0 Å². The van der Waals surface area contributed by atoms with E-state index in [0.29, 0.717) is 23.9 Å². The van der Waals surface area contributed by atoms with Crippen LogP contribution in [0.3, 0.4) is 0 Å². The average molecular weight is 474 g/mol. The minimum absolute atomic E-state index is 0.0106. The quantitative estimate of drug-likeness (QED) is 0.694. The Labute approximate surface area is 184 Å². The lowest BCUT2D eigenvalue weighted by molar-refractivity contribution is 0.0267. The van der Waals surface area contributed by atoms with E-state index in [4.69, 9.17) is 11.6 Å². The lowest BCUT2D eigenvalue weighted by atomic mass is 10.00. The van der Waals surface area contributed by atoms with Gasteiger partial charge in [0.15, 0.2) is 0 Å². The highest BCUT2D eigenvalue weighted by Gasteiger charge is 2.40. The molecule has 2 fully saturated rings. The third-order valence-electron chi connectivity index (χ3n) is 6.21. The van der Waals surface area contributed by atoms with Crippen LogP contribution in [0.25, 0.3) is 11.0 Å². The van der Waals surface area contributed by atoms with Crippen molar-refractivity contribution in [2.24, 2.45) is 0 Å². The van der Waals surface area contributed by atoms with E-state index in [1.165, 1.54) is 16.8 Å². The minimum atomic E-state index is -3.46. The summed E-state index contributed by atoms with van der Waals surface area (Å²) in [6.45, 7) is 1.64. The lowest BCUT2D eigenvalue weighted by Crippen LogP contribution is -2.49. The highest BCUT2D eigenvalue weighted by molar-refractivity contribution is 7.88. The summed E-state index contributed by atoms with van der Waals surface area (Å²) in [6.07, 6.45) is 3.28. The van der Waals surface area contributed by atoms with Crippen molar-refractivity contribution in [2.75, 3.05) is 24.7 Å². The van der Waals surface area contributed by atoms with Gasteiger partial charge in [-0.25, -0.2) is 17.8 Å². The number of alkyl halides is 1. The fourth-order valence-corrected chi connectivity index (χ4v) is 5.55. The van der Waals surface area contributed by atoms with Crippen LogP contribution in [0.1, 0.15) is 38.6 Å². The zero-order valence-corrected chi connectivity index (χ0v) is 18.8. The van der Waals surface area contributed by atoms with E-state index < -0.39 is 39.4 Å². The molecule has 2 aromatic rings. The lowest BCUT2D eigenvalue weighted by Gasteiger charge is -2.33. The zero-order valence-electron chi connectivity index (χ0n) is 17.3. The molecule has 0 radical (unpaired) electrons. The molecule has 0 bridgehead atoms. The maximum atomic E-state index is 14.6. The van der Waals surface area contributed by atoms with Gasteiger partial charge in [-0.15, -0.1) is 0 Å². The van der Waals surface area contributed by atoms with Gasteiger partial charge < -0.3 is 10.4 Å². The van der Waals surface area contributed by atoms with E-state index >= 15 is 0 Å².